The van der Waals surface area contributed by atoms with Crippen LogP contribution in [0, 0.1) is 19.8 Å². The molecule has 0 unspecified atom stereocenters. The highest BCUT2D eigenvalue weighted by atomic mass is 16.1. The smallest absolute Gasteiger partial charge is 0.220 e. The molecule has 126 valence electrons. The molecule has 0 atom stereocenters. The Bertz CT molecular complexity index is 477. The second kappa shape index (κ2) is 8.93. The minimum atomic E-state index is 0.133. The maximum Gasteiger partial charge on any atom is 0.220 e. The summed E-state index contributed by atoms with van der Waals surface area (Å²) in [5.41, 5.74) is 3.48. The average molecular weight is 308 g/mol. The molecule has 1 amide bonds. The van der Waals surface area contributed by atoms with Crippen LogP contribution in [-0.4, -0.2) is 47.8 Å². The third-order valence-corrected chi connectivity index (χ3v) is 3.78. The van der Waals surface area contributed by atoms with Crippen molar-refractivity contribution < 1.29 is 4.79 Å². The number of amides is 1. The van der Waals surface area contributed by atoms with Crippen LogP contribution in [0.25, 0.3) is 0 Å². The quantitative estimate of drug-likeness (QED) is 0.711. The summed E-state index contributed by atoms with van der Waals surface area (Å²) in [6.45, 7) is 11.2. The lowest BCUT2D eigenvalue weighted by Crippen LogP contribution is -2.27. The summed E-state index contributed by atoms with van der Waals surface area (Å²) in [6.07, 6.45) is 2.30. The predicted molar refractivity (Wildman–Crippen MR) is 91.0 cm³/mol. The second-order valence-corrected chi connectivity index (χ2v) is 6.73. The molecular weight excluding hydrogens is 276 g/mol. The lowest BCUT2D eigenvalue weighted by Gasteiger charge is -2.10. The highest BCUT2D eigenvalue weighted by molar-refractivity contribution is 5.76. The topological polar surface area (TPSA) is 50.2 Å². The molecule has 0 bridgehead atoms. The average Bonchev–Trinajstić information content (AvgIpc) is 2.66. The van der Waals surface area contributed by atoms with E-state index in [0.29, 0.717) is 12.3 Å². The largest absolute Gasteiger partial charge is 0.356 e. The van der Waals surface area contributed by atoms with Crippen LogP contribution in [0.15, 0.2) is 0 Å². The van der Waals surface area contributed by atoms with Crippen LogP contribution in [0.3, 0.4) is 0 Å². The Morgan fingerprint density at radius 2 is 2.00 bits per heavy atom. The minimum absolute atomic E-state index is 0.133. The molecule has 1 N–H and O–H groups in total. The van der Waals surface area contributed by atoms with Gasteiger partial charge in [0.1, 0.15) is 0 Å². The van der Waals surface area contributed by atoms with Crippen molar-refractivity contribution in [3.05, 3.63) is 17.0 Å². The van der Waals surface area contributed by atoms with Gasteiger partial charge in [0.05, 0.1) is 5.69 Å². The molecule has 0 aliphatic heterocycles. The first-order chi connectivity index (χ1) is 10.3. The first-order valence-corrected chi connectivity index (χ1v) is 8.25. The summed E-state index contributed by atoms with van der Waals surface area (Å²) in [5, 5.41) is 7.60. The summed E-state index contributed by atoms with van der Waals surface area (Å²) >= 11 is 0. The third kappa shape index (κ3) is 6.18. The van der Waals surface area contributed by atoms with Crippen LogP contribution in [0.4, 0.5) is 0 Å². The summed E-state index contributed by atoms with van der Waals surface area (Å²) in [6, 6.07) is 0. The van der Waals surface area contributed by atoms with Gasteiger partial charge in [0, 0.05) is 25.2 Å². The summed E-state index contributed by atoms with van der Waals surface area (Å²) < 4.78 is 2.07. The molecule has 1 aromatic rings. The Labute approximate surface area is 135 Å². The van der Waals surface area contributed by atoms with Gasteiger partial charge in [-0.15, -0.1) is 0 Å². The van der Waals surface area contributed by atoms with Crippen molar-refractivity contribution in [1.82, 2.24) is 20.0 Å². The monoisotopic (exact) mass is 308 g/mol. The Morgan fingerprint density at radius 1 is 1.32 bits per heavy atom. The van der Waals surface area contributed by atoms with Gasteiger partial charge in [-0.05, 0) is 58.8 Å². The van der Waals surface area contributed by atoms with Crippen LogP contribution in [0.5, 0.6) is 0 Å². The SMILES string of the molecule is Cc1nn(CC(C)C)c(C)c1CCC(=O)NCCCN(C)C. The summed E-state index contributed by atoms with van der Waals surface area (Å²) in [7, 11) is 4.09. The van der Waals surface area contributed by atoms with Crippen molar-refractivity contribution in [2.24, 2.45) is 5.92 Å². The van der Waals surface area contributed by atoms with Crippen molar-refractivity contribution in [3.63, 3.8) is 0 Å². The van der Waals surface area contributed by atoms with E-state index in [4.69, 9.17) is 0 Å². The molecule has 1 aromatic heterocycles. The maximum atomic E-state index is 11.9. The minimum Gasteiger partial charge on any atom is -0.356 e. The van der Waals surface area contributed by atoms with Gasteiger partial charge >= 0.3 is 0 Å². The van der Waals surface area contributed by atoms with Gasteiger partial charge in [-0.3, -0.25) is 9.48 Å². The number of aryl methyl sites for hydroxylation is 1. The first kappa shape index (κ1) is 18.7. The zero-order valence-corrected chi connectivity index (χ0v) is 15.1. The molecule has 0 aliphatic carbocycles. The van der Waals surface area contributed by atoms with Gasteiger partial charge in [0.25, 0.3) is 0 Å². The van der Waals surface area contributed by atoms with Gasteiger partial charge in [-0.1, -0.05) is 13.8 Å². The molecule has 0 aliphatic rings. The van der Waals surface area contributed by atoms with Crippen LogP contribution < -0.4 is 5.32 Å². The normalized spacial score (nSPS) is 11.5. The molecule has 0 saturated heterocycles. The zero-order valence-electron chi connectivity index (χ0n) is 15.1. The standard InChI is InChI=1S/C17H32N4O/c1-13(2)12-21-15(4)16(14(3)19-21)8-9-17(22)18-10-7-11-20(5)6/h13H,7-12H2,1-6H3,(H,18,22). The second-order valence-electron chi connectivity index (χ2n) is 6.73. The lowest BCUT2D eigenvalue weighted by atomic mass is 10.1. The van der Waals surface area contributed by atoms with Crippen LogP contribution in [0.2, 0.25) is 0 Å². The van der Waals surface area contributed by atoms with E-state index in [1.54, 1.807) is 0 Å². The molecular formula is C17H32N4O. The van der Waals surface area contributed by atoms with E-state index in [9.17, 15) is 4.79 Å². The molecule has 5 nitrogen and oxygen atoms in total. The number of nitrogens with zero attached hydrogens (tertiary/aromatic N) is 3. The fraction of sp³-hybridized carbons (Fsp3) is 0.765. The highest BCUT2D eigenvalue weighted by Gasteiger charge is 2.13. The first-order valence-electron chi connectivity index (χ1n) is 8.25. The Hall–Kier alpha value is -1.36. The number of hydrogen-bond acceptors (Lipinski definition) is 3. The number of rotatable bonds is 9. The number of nitrogens with one attached hydrogen (secondary N) is 1. The van der Waals surface area contributed by atoms with E-state index in [0.717, 1.165) is 38.2 Å². The van der Waals surface area contributed by atoms with Gasteiger partial charge < -0.3 is 10.2 Å². The zero-order chi connectivity index (χ0) is 16.7. The third-order valence-electron chi connectivity index (χ3n) is 3.78. The molecule has 22 heavy (non-hydrogen) atoms. The lowest BCUT2D eigenvalue weighted by molar-refractivity contribution is -0.121. The molecule has 0 saturated carbocycles. The fourth-order valence-electron chi connectivity index (χ4n) is 2.57. The maximum absolute atomic E-state index is 11.9. The van der Waals surface area contributed by atoms with Gasteiger partial charge in [0.2, 0.25) is 5.91 Å². The molecule has 0 aromatic carbocycles. The van der Waals surface area contributed by atoms with Crippen molar-refractivity contribution in [1.29, 1.82) is 0 Å². The molecule has 0 radical (unpaired) electrons. The Morgan fingerprint density at radius 3 is 2.59 bits per heavy atom. The van der Waals surface area contributed by atoms with E-state index in [1.165, 1.54) is 11.3 Å². The Balaban J connectivity index is 2.44. The Kier molecular flexibility index (Phi) is 7.59. The van der Waals surface area contributed by atoms with Crippen molar-refractivity contribution >= 4 is 5.91 Å². The summed E-state index contributed by atoms with van der Waals surface area (Å²) in [4.78, 5) is 14.0. The van der Waals surface area contributed by atoms with Crippen LogP contribution >= 0.6 is 0 Å². The van der Waals surface area contributed by atoms with Gasteiger partial charge in [-0.25, -0.2) is 0 Å². The van der Waals surface area contributed by atoms with E-state index in [1.807, 2.05) is 21.0 Å². The van der Waals surface area contributed by atoms with Gasteiger partial charge in [-0.2, -0.15) is 5.10 Å². The highest BCUT2D eigenvalue weighted by Crippen LogP contribution is 2.16. The van der Waals surface area contributed by atoms with E-state index in [2.05, 4.69) is 40.8 Å². The molecule has 1 rings (SSSR count). The van der Waals surface area contributed by atoms with E-state index in [-0.39, 0.29) is 5.91 Å². The van der Waals surface area contributed by atoms with Crippen LogP contribution in [0.1, 0.15) is 43.6 Å². The number of aromatic nitrogens is 2. The van der Waals surface area contributed by atoms with E-state index >= 15 is 0 Å². The molecule has 5 heteroatoms. The van der Waals surface area contributed by atoms with Gasteiger partial charge in [0.15, 0.2) is 0 Å². The van der Waals surface area contributed by atoms with E-state index < -0.39 is 0 Å². The van der Waals surface area contributed by atoms with Crippen molar-refractivity contribution in [2.75, 3.05) is 27.2 Å². The number of hydrogen-bond donors (Lipinski definition) is 1. The molecule has 0 fully saturated rings. The molecule has 0 spiro atoms. The van der Waals surface area contributed by atoms with Crippen molar-refractivity contribution in [3.8, 4) is 0 Å². The molecule has 1 heterocycles. The number of carbonyl (C=O) groups is 1. The summed E-state index contributed by atoms with van der Waals surface area (Å²) in [5.74, 6) is 0.708. The number of carbonyl (C=O) groups excluding carboxylic acids is 1. The predicted octanol–water partition coefficient (Wildman–Crippen LogP) is 2.16. The fourth-order valence-corrected chi connectivity index (χ4v) is 2.57. The van der Waals surface area contributed by atoms with Crippen molar-refractivity contribution in [2.45, 2.75) is 53.5 Å². The van der Waals surface area contributed by atoms with Crippen LogP contribution in [-0.2, 0) is 17.8 Å².